The molecule has 1 atom stereocenters. The number of ether oxygens (including phenoxy) is 2. The standard InChI is InChI=1S/C13H17ClN2O3/c1-18-11-6-12(19-2)10(5-9(11)14)15-7-8-3-4-13(17)16-8/h5-6,8,15H,3-4,7H2,1-2H3,(H,16,17). The van der Waals surface area contributed by atoms with Gasteiger partial charge in [0.05, 0.1) is 24.9 Å². The Labute approximate surface area is 117 Å². The van der Waals surface area contributed by atoms with Crippen LogP contribution < -0.4 is 20.1 Å². The molecule has 104 valence electrons. The first-order valence-corrected chi connectivity index (χ1v) is 6.46. The first kappa shape index (κ1) is 13.8. The average Bonchev–Trinajstić information content (AvgIpc) is 2.82. The van der Waals surface area contributed by atoms with Gasteiger partial charge in [-0.15, -0.1) is 0 Å². The molecule has 1 amide bonds. The first-order chi connectivity index (χ1) is 9.13. The monoisotopic (exact) mass is 284 g/mol. The summed E-state index contributed by atoms with van der Waals surface area (Å²) in [5.41, 5.74) is 0.787. The van der Waals surface area contributed by atoms with Gasteiger partial charge < -0.3 is 20.1 Å². The topological polar surface area (TPSA) is 59.6 Å². The van der Waals surface area contributed by atoms with Gasteiger partial charge in [0.1, 0.15) is 11.5 Å². The van der Waals surface area contributed by atoms with E-state index in [2.05, 4.69) is 10.6 Å². The zero-order valence-electron chi connectivity index (χ0n) is 11.0. The molecule has 1 aromatic rings. The number of hydrogen-bond donors (Lipinski definition) is 2. The smallest absolute Gasteiger partial charge is 0.220 e. The second kappa shape index (κ2) is 6.02. The van der Waals surface area contributed by atoms with Crippen LogP contribution in [-0.4, -0.2) is 32.7 Å². The zero-order chi connectivity index (χ0) is 13.8. The maximum atomic E-state index is 11.1. The number of methoxy groups -OCH3 is 2. The van der Waals surface area contributed by atoms with Crippen LogP contribution >= 0.6 is 11.6 Å². The Kier molecular flexibility index (Phi) is 4.37. The van der Waals surface area contributed by atoms with Crippen LogP contribution in [0.1, 0.15) is 12.8 Å². The summed E-state index contributed by atoms with van der Waals surface area (Å²) in [7, 11) is 3.15. The van der Waals surface area contributed by atoms with Crippen molar-refractivity contribution in [3.8, 4) is 11.5 Å². The average molecular weight is 285 g/mol. The summed E-state index contributed by atoms with van der Waals surface area (Å²) < 4.78 is 10.4. The molecule has 1 aromatic carbocycles. The van der Waals surface area contributed by atoms with Crippen LogP contribution in [0, 0.1) is 0 Å². The van der Waals surface area contributed by atoms with Gasteiger partial charge in [0, 0.05) is 25.1 Å². The Morgan fingerprint density at radius 3 is 2.68 bits per heavy atom. The van der Waals surface area contributed by atoms with E-state index in [1.807, 2.05) is 0 Å². The van der Waals surface area contributed by atoms with Crippen LogP contribution in [0.15, 0.2) is 12.1 Å². The summed E-state index contributed by atoms with van der Waals surface area (Å²) in [6.07, 6.45) is 1.44. The van der Waals surface area contributed by atoms with Gasteiger partial charge in [0.15, 0.2) is 0 Å². The predicted molar refractivity (Wildman–Crippen MR) is 74.2 cm³/mol. The van der Waals surface area contributed by atoms with Crippen molar-refractivity contribution in [3.63, 3.8) is 0 Å². The Balaban J connectivity index is 2.06. The molecule has 1 aliphatic rings. The highest BCUT2D eigenvalue weighted by atomic mass is 35.5. The van der Waals surface area contributed by atoms with E-state index in [9.17, 15) is 4.79 Å². The van der Waals surface area contributed by atoms with E-state index in [0.717, 1.165) is 12.1 Å². The molecule has 1 unspecified atom stereocenters. The van der Waals surface area contributed by atoms with Crippen LogP contribution in [-0.2, 0) is 4.79 Å². The fourth-order valence-electron chi connectivity index (χ4n) is 2.06. The summed E-state index contributed by atoms with van der Waals surface area (Å²) in [6, 6.07) is 3.64. The molecule has 0 aromatic heterocycles. The Morgan fingerprint density at radius 2 is 2.11 bits per heavy atom. The minimum absolute atomic E-state index is 0.103. The highest BCUT2D eigenvalue weighted by Crippen LogP contribution is 2.35. The molecule has 0 spiro atoms. The third-order valence-electron chi connectivity index (χ3n) is 3.10. The molecule has 1 aliphatic heterocycles. The van der Waals surface area contributed by atoms with E-state index in [4.69, 9.17) is 21.1 Å². The van der Waals surface area contributed by atoms with Gasteiger partial charge in [-0.25, -0.2) is 0 Å². The normalized spacial score (nSPS) is 18.1. The number of hydrogen-bond acceptors (Lipinski definition) is 4. The Bertz CT molecular complexity index is 479. The largest absolute Gasteiger partial charge is 0.495 e. The SMILES string of the molecule is COc1cc(OC)c(NCC2CCC(=O)N2)cc1Cl. The number of halogens is 1. The van der Waals surface area contributed by atoms with Crippen LogP contribution in [0.4, 0.5) is 5.69 Å². The van der Waals surface area contributed by atoms with Gasteiger partial charge in [-0.2, -0.15) is 0 Å². The fraction of sp³-hybridized carbons (Fsp3) is 0.462. The lowest BCUT2D eigenvalue weighted by Gasteiger charge is -2.16. The number of benzene rings is 1. The van der Waals surface area contributed by atoms with Crippen molar-refractivity contribution in [1.82, 2.24) is 5.32 Å². The molecule has 19 heavy (non-hydrogen) atoms. The second-order valence-electron chi connectivity index (χ2n) is 4.37. The molecule has 2 rings (SSSR count). The van der Waals surface area contributed by atoms with Crippen LogP contribution in [0.25, 0.3) is 0 Å². The van der Waals surface area contributed by atoms with Gasteiger partial charge in [-0.05, 0) is 12.5 Å². The maximum absolute atomic E-state index is 11.1. The van der Waals surface area contributed by atoms with Gasteiger partial charge in [0.2, 0.25) is 5.91 Å². The van der Waals surface area contributed by atoms with E-state index in [0.29, 0.717) is 29.5 Å². The van der Waals surface area contributed by atoms with Gasteiger partial charge in [0.25, 0.3) is 0 Å². The summed E-state index contributed by atoms with van der Waals surface area (Å²) in [5.74, 6) is 1.33. The lowest BCUT2D eigenvalue weighted by molar-refractivity contribution is -0.119. The van der Waals surface area contributed by atoms with Crippen molar-refractivity contribution >= 4 is 23.2 Å². The number of carbonyl (C=O) groups is 1. The van der Waals surface area contributed by atoms with Crippen LogP contribution in [0.2, 0.25) is 5.02 Å². The van der Waals surface area contributed by atoms with Crippen molar-refractivity contribution in [3.05, 3.63) is 17.2 Å². The van der Waals surface area contributed by atoms with E-state index in [-0.39, 0.29) is 11.9 Å². The number of rotatable bonds is 5. The molecule has 6 heteroatoms. The molecule has 2 N–H and O–H groups in total. The molecule has 0 saturated carbocycles. The molecule has 0 aliphatic carbocycles. The summed E-state index contributed by atoms with van der Waals surface area (Å²) in [4.78, 5) is 11.1. The lowest BCUT2D eigenvalue weighted by Crippen LogP contribution is -2.31. The van der Waals surface area contributed by atoms with Crippen LogP contribution in [0.3, 0.4) is 0 Å². The van der Waals surface area contributed by atoms with Crippen molar-refractivity contribution in [2.75, 3.05) is 26.1 Å². The fourth-order valence-corrected chi connectivity index (χ4v) is 2.30. The third kappa shape index (κ3) is 3.23. The van der Waals surface area contributed by atoms with E-state index in [1.54, 1.807) is 26.4 Å². The maximum Gasteiger partial charge on any atom is 0.220 e. The number of nitrogens with one attached hydrogen (secondary N) is 2. The van der Waals surface area contributed by atoms with Crippen molar-refractivity contribution in [2.24, 2.45) is 0 Å². The minimum atomic E-state index is 0.103. The molecule has 0 bridgehead atoms. The number of carbonyl (C=O) groups excluding carboxylic acids is 1. The van der Waals surface area contributed by atoms with Crippen molar-refractivity contribution in [2.45, 2.75) is 18.9 Å². The van der Waals surface area contributed by atoms with Gasteiger partial charge >= 0.3 is 0 Å². The Morgan fingerprint density at radius 1 is 1.37 bits per heavy atom. The number of anilines is 1. The molecular formula is C13H17ClN2O3. The summed E-state index contributed by atoms with van der Waals surface area (Å²) in [6.45, 7) is 0.644. The molecule has 0 radical (unpaired) electrons. The first-order valence-electron chi connectivity index (χ1n) is 6.08. The quantitative estimate of drug-likeness (QED) is 0.869. The minimum Gasteiger partial charge on any atom is -0.495 e. The zero-order valence-corrected chi connectivity index (χ0v) is 11.7. The molecule has 5 nitrogen and oxygen atoms in total. The highest BCUT2D eigenvalue weighted by molar-refractivity contribution is 6.32. The lowest BCUT2D eigenvalue weighted by atomic mass is 10.2. The van der Waals surface area contributed by atoms with Crippen molar-refractivity contribution in [1.29, 1.82) is 0 Å². The molecular weight excluding hydrogens is 268 g/mol. The highest BCUT2D eigenvalue weighted by Gasteiger charge is 2.20. The van der Waals surface area contributed by atoms with E-state index < -0.39 is 0 Å². The summed E-state index contributed by atoms with van der Waals surface area (Å²) >= 11 is 6.09. The third-order valence-corrected chi connectivity index (χ3v) is 3.39. The molecule has 1 saturated heterocycles. The van der Waals surface area contributed by atoms with Crippen molar-refractivity contribution < 1.29 is 14.3 Å². The predicted octanol–water partition coefficient (Wildman–Crippen LogP) is 2.05. The van der Waals surface area contributed by atoms with Gasteiger partial charge in [-0.1, -0.05) is 11.6 Å². The summed E-state index contributed by atoms with van der Waals surface area (Å²) in [5, 5.41) is 6.65. The molecule has 1 heterocycles. The van der Waals surface area contributed by atoms with Gasteiger partial charge in [-0.3, -0.25) is 4.79 Å². The Hall–Kier alpha value is -1.62. The number of amides is 1. The van der Waals surface area contributed by atoms with E-state index in [1.165, 1.54) is 0 Å². The molecule has 1 fully saturated rings. The van der Waals surface area contributed by atoms with E-state index >= 15 is 0 Å². The van der Waals surface area contributed by atoms with Crippen LogP contribution in [0.5, 0.6) is 11.5 Å². The second-order valence-corrected chi connectivity index (χ2v) is 4.78.